The first kappa shape index (κ1) is 22.8. The molecule has 0 fully saturated rings. The Morgan fingerprint density at radius 3 is 1.93 bits per heavy atom. The van der Waals surface area contributed by atoms with Crippen LogP contribution in [0.3, 0.4) is 0 Å². The third kappa shape index (κ3) is 5.77. The molecular formula is C25H28N2O3. The van der Waals surface area contributed by atoms with Crippen molar-refractivity contribution in [2.24, 2.45) is 5.16 Å². The molecule has 156 valence electrons. The highest BCUT2D eigenvalue weighted by molar-refractivity contribution is 6.36. The van der Waals surface area contributed by atoms with Crippen LogP contribution in [0.2, 0.25) is 0 Å². The largest absolute Gasteiger partial charge is 0.339 e. The quantitative estimate of drug-likeness (QED) is 0.208. The van der Waals surface area contributed by atoms with Gasteiger partial charge in [0.05, 0.1) is 0 Å². The van der Waals surface area contributed by atoms with E-state index >= 15 is 0 Å². The van der Waals surface area contributed by atoms with Crippen molar-refractivity contribution in [2.75, 3.05) is 13.1 Å². The second kappa shape index (κ2) is 11.5. The van der Waals surface area contributed by atoms with Crippen molar-refractivity contribution in [1.29, 1.82) is 0 Å². The first-order valence-corrected chi connectivity index (χ1v) is 10.1. The van der Waals surface area contributed by atoms with E-state index in [0.717, 1.165) is 11.1 Å². The van der Waals surface area contributed by atoms with Gasteiger partial charge in [-0.25, -0.2) is 4.79 Å². The SMILES string of the molecule is C/C=C/C(C(=O)N(CC)CC)=C(\C(=N\OC(C)=O)c1ccccc1)c1ccccc1. The molecule has 2 aromatic carbocycles. The first-order chi connectivity index (χ1) is 14.5. The zero-order chi connectivity index (χ0) is 21.9. The zero-order valence-electron chi connectivity index (χ0n) is 18.0. The van der Waals surface area contributed by atoms with Crippen molar-refractivity contribution >= 4 is 23.2 Å². The van der Waals surface area contributed by atoms with Gasteiger partial charge < -0.3 is 9.74 Å². The topological polar surface area (TPSA) is 59.0 Å². The first-order valence-electron chi connectivity index (χ1n) is 10.1. The van der Waals surface area contributed by atoms with E-state index in [9.17, 15) is 9.59 Å². The number of carbonyl (C=O) groups excluding carboxylic acids is 2. The molecule has 0 aromatic heterocycles. The highest BCUT2D eigenvalue weighted by Crippen LogP contribution is 2.27. The van der Waals surface area contributed by atoms with Crippen LogP contribution in [0.4, 0.5) is 0 Å². The average molecular weight is 405 g/mol. The van der Waals surface area contributed by atoms with Gasteiger partial charge in [-0.2, -0.15) is 0 Å². The number of nitrogens with zero attached hydrogens (tertiary/aromatic N) is 2. The van der Waals surface area contributed by atoms with Crippen LogP contribution in [0.25, 0.3) is 5.57 Å². The molecule has 0 aliphatic heterocycles. The normalized spacial score (nSPS) is 12.5. The summed E-state index contributed by atoms with van der Waals surface area (Å²) in [5, 5.41) is 4.17. The highest BCUT2D eigenvalue weighted by atomic mass is 16.7. The van der Waals surface area contributed by atoms with Gasteiger partial charge >= 0.3 is 5.97 Å². The summed E-state index contributed by atoms with van der Waals surface area (Å²) in [6.45, 7) is 8.22. The zero-order valence-corrected chi connectivity index (χ0v) is 18.0. The standard InChI is InChI=1S/C25H28N2O3/c1-5-14-22(25(29)27(6-2)7-3)23(20-15-10-8-11-16-20)24(26-30-19(4)28)21-17-12-9-13-18-21/h5,8-18H,6-7H2,1-4H3/b14-5+,23-22+,26-24+. The molecule has 0 N–H and O–H groups in total. The van der Waals surface area contributed by atoms with Crippen LogP contribution in [0.15, 0.2) is 83.5 Å². The number of amides is 1. The average Bonchev–Trinajstić information content (AvgIpc) is 2.77. The summed E-state index contributed by atoms with van der Waals surface area (Å²) in [4.78, 5) is 31.8. The van der Waals surface area contributed by atoms with E-state index < -0.39 is 5.97 Å². The molecule has 1 amide bonds. The van der Waals surface area contributed by atoms with Crippen LogP contribution in [0, 0.1) is 0 Å². The maximum Gasteiger partial charge on any atom is 0.332 e. The Hall–Kier alpha value is -3.47. The molecule has 2 rings (SSSR count). The van der Waals surface area contributed by atoms with Crippen LogP contribution < -0.4 is 0 Å². The van der Waals surface area contributed by atoms with Crippen molar-refractivity contribution in [1.82, 2.24) is 4.90 Å². The lowest BCUT2D eigenvalue weighted by molar-refractivity contribution is -0.140. The molecule has 2 aromatic rings. The fourth-order valence-corrected chi connectivity index (χ4v) is 3.08. The molecular weight excluding hydrogens is 376 g/mol. The Kier molecular flexibility index (Phi) is 8.75. The van der Waals surface area contributed by atoms with Gasteiger partial charge in [0.2, 0.25) is 0 Å². The van der Waals surface area contributed by atoms with Gasteiger partial charge in [-0.15, -0.1) is 0 Å². The van der Waals surface area contributed by atoms with Gasteiger partial charge in [-0.3, -0.25) is 4.79 Å². The lowest BCUT2D eigenvalue weighted by Crippen LogP contribution is -2.32. The molecule has 0 aliphatic rings. The molecule has 0 atom stereocenters. The second-order valence-corrected chi connectivity index (χ2v) is 6.52. The van der Waals surface area contributed by atoms with Gasteiger partial charge in [0, 0.05) is 36.7 Å². The van der Waals surface area contributed by atoms with Crippen molar-refractivity contribution < 1.29 is 14.4 Å². The van der Waals surface area contributed by atoms with E-state index in [1.54, 1.807) is 11.0 Å². The fraction of sp³-hybridized carbons (Fsp3) is 0.240. The number of hydrogen-bond donors (Lipinski definition) is 0. The number of allylic oxidation sites excluding steroid dienone is 2. The van der Waals surface area contributed by atoms with Crippen LogP contribution in [-0.2, 0) is 14.4 Å². The second-order valence-electron chi connectivity index (χ2n) is 6.52. The smallest absolute Gasteiger partial charge is 0.332 e. The molecule has 0 bridgehead atoms. The highest BCUT2D eigenvalue weighted by Gasteiger charge is 2.24. The van der Waals surface area contributed by atoms with Gasteiger partial charge in [0.25, 0.3) is 5.91 Å². The summed E-state index contributed by atoms with van der Waals surface area (Å²) in [6.07, 6.45) is 3.61. The third-order valence-electron chi connectivity index (χ3n) is 4.50. The number of likely N-dealkylation sites (N-methyl/N-ethyl adjacent to an activating group) is 1. The van der Waals surface area contributed by atoms with Gasteiger partial charge in [-0.05, 0) is 26.3 Å². The Morgan fingerprint density at radius 1 is 0.933 bits per heavy atom. The number of benzene rings is 2. The van der Waals surface area contributed by atoms with Gasteiger partial charge in [-0.1, -0.05) is 78.0 Å². The maximum absolute atomic E-state index is 13.4. The van der Waals surface area contributed by atoms with Crippen molar-refractivity contribution in [3.05, 3.63) is 89.5 Å². The Labute approximate surface area is 178 Å². The van der Waals surface area contributed by atoms with Gasteiger partial charge in [0.1, 0.15) is 5.71 Å². The summed E-state index contributed by atoms with van der Waals surface area (Å²) in [5.74, 6) is -0.637. The Morgan fingerprint density at radius 2 is 1.47 bits per heavy atom. The third-order valence-corrected chi connectivity index (χ3v) is 4.50. The number of oxime groups is 1. The Bertz CT molecular complexity index is 941. The number of carbonyl (C=O) groups is 2. The number of rotatable bonds is 8. The molecule has 0 radical (unpaired) electrons. The summed E-state index contributed by atoms with van der Waals surface area (Å²) in [5.41, 5.74) is 3.07. The molecule has 0 saturated carbocycles. The van der Waals surface area contributed by atoms with E-state index in [1.807, 2.05) is 87.5 Å². The maximum atomic E-state index is 13.4. The molecule has 0 aliphatic carbocycles. The minimum Gasteiger partial charge on any atom is -0.339 e. The summed E-state index contributed by atoms with van der Waals surface area (Å²) in [7, 11) is 0. The minimum atomic E-state index is -0.529. The van der Waals surface area contributed by atoms with Crippen LogP contribution in [0.1, 0.15) is 38.8 Å². The van der Waals surface area contributed by atoms with Crippen LogP contribution in [0.5, 0.6) is 0 Å². The van der Waals surface area contributed by atoms with Crippen molar-refractivity contribution in [3.8, 4) is 0 Å². The summed E-state index contributed by atoms with van der Waals surface area (Å²) >= 11 is 0. The van der Waals surface area contributed by atoms with Gasteiger partial charge in [0.15, 0.2) is 0 Å². The van der Waals surface area contributed by atoms with Crippen molar-refractivity contribution in [3.63, 3.8) is 0 Å². The molecule has 30 heavy (non-hydrogen) atoms. The molecule has 0 saturated heterocycles. The Balaban J connectivity index is 2.88. The molecule has 5 nitrogen and oxygen atoms in total. The van der Waals surface area contributed by atoms with E-state index in [0.29, 0.717) is 29.9 Å². The lowest BCUT2D eigenvalue weighted by Gasteiger charge is -2.22. The van der Waals surface area contributed by atoms with E-state index in [1.165, 1.54) is 6.92 Å². The fourth-order valence-electron chi connectivity index (χ4n) is 3.08. The monoisotopic (exact) mass is 404 g/mol. The summed E-state index contributed by atoms with van der Waals surface area (Å²) in [6, 6.07) is 19.0. The van der Waals surface area contributed by atoms with E-state index in [-0.39, 0.29) is 5.91 Å². The number of hydrogen-bond acceptors (Lipinski definition) is 4. The van der Waals surface area contributed by atoms with Crippen LogP contribution in [-0.4, -0.2) is 35.6 Å². The van der Waals surface area contributed by atoms with E-state index in [2.05, 4.69) is 5.16 Å². The molecule has 5 heteroatoms. The molecule has 0 unspecified atom stereocenters. The summed E-state index contributed by atoms with van der Waals surface area (Å²) < 4.78 is 0. The van der Waals surface area contributed by atoms with Crippen molar-refractivity contribution in [2.45, 2.75) is 27.7 Å². The van der Waals surface area contributed by atoms with Crippen LogP contribution >= 0.6 is 0 Å². The lowest BCUT2D eigenvalue weighted by atomic mass is 9.90. The minimum absolute atomic E-state index is 0.108. The van der Waals surface area contributed by atoms with E-state index in [4.69, 9.17) is 4.84 Å². The predicted molar refractivity (Wildman–Crippen MR) is 121 cm³/mol. The predicted octanol–water partition coefficient (Wildman–Crippen LogP) is 4.85. The molecule has 0 heterocycles. The molecule has 0 spiro atoms.